The molecule has 1 aromatic heterocycles. The van der Waals surface area contributed by atoms with Crippen LogP contribution >= 0.6 is 11.6 Å². The van der Waals surface area contributed by atoms with Crippen molar-refractivity contribution < 1.29 is 0 Å². The molecule has 0 radical (unpaired) electrons. The molecular weight excluding hydrogens is 270 g/mol. The molecule has 0 N–H and O–H groups in total. The highest BCUT2D eigenvalue weighted by molar-refractivity contribution is 6.16. The van der Waals surface area contributed by atoms with Crippen LogP contribution in [-0.2, 0) is 12.4 Å². The highest BCUT2D eigenvalue weighted by Crippen LogP contribution is 2.28. The second kappa shape index (κ2) is 5.85. The zero-order valence-corrected chi connectivity index (χ0v) is 12.2. The minimum Gasteiger partial charge on any atom is -0.327 e. The molecule has 3 nitrogen and oxygen atoms in total. The summed E-state index contributed by atoms with van der Waals surface area (Å²) in [6, 6.07) is 7.87. The van der Waals surface area contributed by atoms with E-state index in [9.17, 15) is 0 Å². The van der Waals surface area contributed by atoms with Gasteiger partial charge < -0.3 is 4.57 Å². The van der Waals surface area contributed by atoms with Crippen molar-refractivity contribution in [3.05, 3.63) is 29.6 Å². The minimum absolute atomic E-state index is 0.420. The molecule has 1 heterocycles. The maximum Gasteiger partial charge on any atom is 0.124 e. The fraction of sp³-hybridized carbons (Fsp3) is 0.500. The van der Waals surface area contributed by atoms with E-state index in [1.54, 1.807) is 0 Å². The number of imidazole rings is 1. The van der Waals surface area contributed by atoms with Crippen molar-refractivity contribution in [1.29, 1.82) is 5.26 Å². The molecule has 1 aliphatic carbocycles. The van der Waals surface area contributed by atoms with E-state index >= 15 is 0 Å². The molecule has 0 saturated heterocycles. The lowest BCUT2D eigenvalue weighted by Crippen LogP contribution is -2.15. The van der Waals surface area contributed by atoms with E-state index in [1.807, 2.05) is 18.2 Å². The zero-order chi connectivity index (χ0) is 13.9. The molecule has 0 amide bonds. The van der Waals surface area contributed by atoms with Crippen LogP contribution in [0.25, 0.3) is 11.0 Å². The molecule has 4 heteroatoms. The van der Waals surface area contributed by atoms with Crippen molar-refractivity contribution in [3.63, 3.8) is 0 Å². The number of nitrogens with zero attached hydrogens (tertiary/aromatic N) is 3. The van der Waals surface area contributed by atoms with Crippen molar-refractivity contribution in [2.45, 2.75) is 44.5 Å². The summed E-state index contributed by atoms with van der Waals surface area (Å²) < 4.78 is 2.22. The monoisotopic (exact) mass is 287 g/mol. The largest absolute Gasteiger partial charge is 0.327 e. The normalized spacial score (nSPS) is 16.4. The minimum atomic E-state index is 0.420. The SMILES string of the molecule is N#Cc1ccc2nc(CCl)n(CC3CCCCC3)c2c1. The molecule has 1 saturated carbocycles. The quantitative estimate of drug-likeness (QED) is 0.793. The average Bonchev–Trinajstić information content (AvgIpc) is 2.85. The molecule has 1 fully saturated rings. The number of hydrogen-bond donors (Lipinski definition) is 0. The van der Waals surface area contributed by atoms with Gasteiger partial charge in [0.25, 0.3) is 0 Å². The number of aromatic nitrogens is 2. The number of alkyl halides is 1. The van der Waals surface area contributed by atoms with Gasteiger partial charge in [-0.1, -0.05) is 19.3 Å². The average molecular weight is 288 g/mol. The number of benzene rings is 1. The molecule has 0 spiro atoms. The van der Waals surface area contributed by atoms with Crippen molar-refractivity contribution in [2.75, 3.05) is 0 Å². The number of hydrogen-bond acceptors (Lipinski definition) is 2. The van der Waals surface area contributed by atoms with Crippen LogP contribution in [0.15, 0.2) is 18.2 Å². The Kier molecular flexibility index (Phi) is 3.93. The third-order valence-corrected chi connectivity index (χ3v) is 4.48. The Morgan fingerprint density at radius 3 is 2.80 bits per heavy atom. The fourth-order valence-electron chi connectivity index (χ4n) is 3.18. The van der Waals surface area contributed by atoms with E-state index in [4.69, 9.17) is 16.9 Å². The highest BCUT2D eigenvalue weighted by atomic mass is 35.5. The number of nitriles is 1. The van der Waals surface area contributed by atoms with Gasteiger partial charge in [0.15, 0.2) is 0 Å². The van der Waals surface area contributed by atoms with Gasteiger partial charge in [0.2, 0.25) is 0 Å². The second-order valence-corrected chi connectivity index (χ2v) is 5.86. The first kappa shape index (κ1) is 13.5. The Morgan fingerprint density at radius 1 is 1.30 bits per heavy atom. The molecule has 0 bridgehead atoms. The summed E-state index contributed by atoms with van der Waals surface area (Å²) in [6.45, 7) is 0.980. The van der Waals surface area contributed by atoms with E-state index in [-0.39, 0.29) is 0 Å². The fourth-order valence-corrected chi connectivity index (χ4v) is 3.38. The smallest absolute Gasteiger partial charge is 0.124 e. The first-order valence-electron chi connectivity index (χ1n) is 7.27. The molecule has 20 heavy (non-hydrogen) atoms. The molecule has 0 atom stereocenters. The van der Waals surface area contributed by atoms with E-state index in [1.165, 1.54) is 32.1 Å². The van der Waals surface area contributed by atoms with E-state index in [2.05, 4.69) is 15.6 Å². The summed E-state index contributed by atoms with van der Waals surface area (Å²) in [4.78, 5) is 4.59. The molecule has 0 aliphatic heterocycles. The first-order valence-corrected chi connectivity index (χ1v) is 7.80. The van der Waals surface area contributed by atoms with Crippen molar-refractivity contribution >= 4 is 22.6 Å². The van der Waals surface area contributed by atoms with Crippen LogP contribution in [0.1, 0.15) is 43.5 Å². The van der Waals surface area contributed by atoms with E-state index in [0.29, 0.717) is 17.4 Å². The summed E-state index contributed by atoms with van der Waals surface area (Å²) in [6.07, 6.45) is 6.61. The number of fused-ring (bicyclic) bond motifs is 1. The summed E-state index contributed by atoms with van der Waals surface area (Å²) in [5.74, 6) is 2.06. The first-order chi connectivity index (χ1) is 9.81. The Bertz CT molecular complexity index is 648. The van der Waals surface area contributed by atoms with E-state index in [0.717, 1.165) is 23.4 Å². The Balaban J connectivity index is 1.99. The number of rotatable bonds is 3. The second-order valence-electron chi connectivity index (χ2n) is 5.59. The van der Waals surface area contributed by atoms with E-state index < -0.39 is 0 Å². The topological polar surface area (TPSA) is 41.6 Å². The van der Waals surface area contributed by atoms with Crippen LogP contribution in [-0.4, -0.2) is 9.55 Å². The van der Waals surface area contributed by atoms with Crippen molar-refractivity contribution in [2.24, 2.45) is 5.92 Å². The van der Waals surface area contributed by atoms with Crippen LogP contribution in [0.4, 0.5) is 0 Å². The summed E-state index contributed by atoms with van der Waals surface area (Å²) in [7, 11) is 0. The third-order valence-electron chi connectivity index (χ3n) is 4.24. The lowest BCUT2D eigenvalue weighted by Gasteiger charge is -2.23. The Morgan fingerprint density at radius 2 is 2.10 bits per heavy atom. The molecule has 1 aliphatic rings. The van der Waals surface area contributed by atoms with Gasteiger partial charge in [0, 0.05) is 6.54 Å². The number of halogens is 1. The molecular formula is C16H18ClN3. The van der Waals surface area contributed by atoms with Crippen molar-refractivity contribution in [1.82, 2.24) is 9.55 Å². The lowest BCUT2D eigenvalue weighted by molar-refractivity contribution is 0.320. The molecule has 104 valence electrons. The molecule has 1 aromatic carbocycles. The molecule has 0 unspecified atom stereocenters. The van der Waals surface area contributed by atoms with Gasteiger partial charge in [-0.05, 0) is 37.0 Å². The van der Waals surface area contributed by atoms with Crippen LogP contribution in [0.2, 0.25) is 0 Å². The Labute approximate surface area is 124 Å². The van der Waals surface area contributed by atoms with Gasteiger partial charge in [0.05, 0.1) is 28.5 Å². The zero-order valence-electron chi connectivity index (χ0n) is 11.5. The van der Waals surface area contributed by atoms with Gasteiger partial charge in [0.1, 0.15) is 5.82 Å². The highest BCUT2D eigenvalue weighted by Gasteiger charge is 2.18. The summed E-state index contributed by atoms with van der Waals surface area (Å²) in [5.41, 5.74) is 2.67. The van der Waals surface area contributed by atoms with Crippen molar-refractivity contribution in [3.8, 4) is 6.07 Å². The van der Waals surface area contributed by atoms with Gasteiger partial charge in [-0.25, -0.2) is 4.98 Å². The molecule has 3 rings (SSSR count). The van der Waals surface area contributed by atoms with Crippen LogP contribution < -0.4 is 0 Å². The third kappa shape index (κ3) is 2.53. The lowest BCUT2D eigenvalue weighted by atomic mass is 9.89. The molecule has 2 aromatic rings. The standard InChI is InChI=1S/C16H18ClN3/c17-9-16-19-14-7-6-13(10-18)8-15(14)20(16)11-12-4-2-1-3-5-12/h6-8,12H,1-5,9,11H2. The van der Waals surface area contributed by atoms with Gasteiger partial charge >= 0.3 is 0 Å². The van der Waals surface area contributed by atoms with Crippen LogP contribution in [0, 0.1) is 17.2 Å². The summed E-state index contributed by atoms with van der Waals surface area (Å²) >= 11 is 6.05. The van der Waals surface area contributed by atoms with Gasteiger partial charge in [-0.15, -0.1) is 11.6 Å². The van der Waals surface area contributed by atoms with Gasteiger partial charge in [-0.2, -0.15) is 5.26 Å². The Hall–Kier alpha value is -1.53. The maximum atomic E-state index is 9.07. The summed E-state index contributed by atoms with van der Waals surface area (Å²) in [5, 5.41) is 9.07. The predicted octanol–water partition coefficient (Wildman–Crippen LogP) is 4.23. The van der Waals surface area contributed by atoms with Crippen LogP contribution in [0.5, 0.6) is 0 Å². The van der Waals surface area contributed by atoms with Gasteiger partial charge in [-0.3, -0.25) is 0 Å². The maximum absolute atomic E-state index is 9.07. The van der Waals surface area contributed by atoms with Crippen LogP contribution in [0.3, 0.4) is 0 Å². The predicted molar refractivity (Wildman–Crippen MR) is 80.6 cm³/mol.